The molecule has 0 bridgehead atoms. The lowest BCUT2D eigenvalue weighted by molar-refractivity contribution is -0.161. The summed E-state index contributed by atoms with van der Waals surface area (Å²) in [5.41, 5.74) is 0. The monoisotopic (exact) mass is 1410 g/mol. The van der Waals surface area contributed by atoms with Gasteiger partial charge >= 0.3 is 39.5 Å². The molecule has 5 atom stereocenters. The lowest BCUT2D eigenvalue weighted by Gasteiger charge is -2.21. The third-order valence-electron chi connectivity index (χ3n) is 17.8. The molecule has 3 N–H and O–H groups in total. The summed E-state index contributed by atoms with van der Waals surface area (Å²) in [6, 6.07) is 0. The Morgan fingerprint density at radius 1 is 0.260 bits per heavy atom. The second-order valence-electron chi connectivity index (χ2n) is 29.7. The highest BCUT2D eigenvalue weighted by atomic mass is 31.2. The number of aliphatic hydroxyl groups excluding tert-OH is 1. The average Bonchev–Trinajstić information content (AvgIpc) is 1.39. The zero-order valence-electron chi connectivity index (χ0n) is 63.0. The number of ether oxygens (including phenoxy) is 4. The van der Waals surface area contributed by atoms with Gasteiger partial charge in [0.2, 0.25) is 0 Å². The summed E-state index contributed by atoms with van der Waals surface area (Å²) in [4.78, 5) is 72.8. The Bertz CT molecular complexity index is 1880. The van der Waals surface area contributed by atoms with Crippen molar-refractivity contribution in [1.29, 1.82) is 0 Å². The van der Waals surface area contributed by atoms with E-state index in [4.69, 9.17) is 37.0 Å². The lowest BCUT2D eigenvalue weighted by atomic mass is 10.0. The molecule has 17 nitrogen and oxygen atoms in total. The minimum atomic E-state index is -4.96. The molecule has 0 aliphatic heterocycles. The Morgan fingerprint density at radius 3 is 0.646 bits per heavy atom. The number of hydrogen-bond acceptors (Lipinski definition) is 15. The third-order valence-corrected chi connectivity index (χ3v) is 19.7. The van der Waals surface area contributed by atoms with E-state index in [-0.39, 0.29) is 25.7 Å². The first-order valence-electron chi connectivity index (χ1n) is 39.7. The van der Waals surface area contributed by atoms with Crippen LogP contribution in [0.3, 0.4) is 0 Å². The number of phosphoric acid groups is 2. The maximum absolute atomic E-state index is 13.1. The van der Waals surface area contributed by atoms with Gasteiger partial charge in [-0.05, 0) is 49.4 Å². The average molecular weight is 1410 g/mol. The van der Waals surface area contributed by atoms with Crippen LogP contribution in [0.2, 0.25) is 0 Å². The number of unbranched alkanes of at least 4 members (excludes halogenated alkanes) is 40. The normalized spacial score (nSPS) is 14.1. The topological polar surface area (TPSA) is 237 Å². The quantitative estimate of drug-likeness (QED) is 0.0222. The van der Waals surface area contributed by atoms with Crippen LogP contribution >= 0.6 is 15.6 Å². The molecule has 0 saturated heterocycles. The van der Waals surface area contributed by atoms with Gasteiger partial charge in [-0.2, -0.15) is 0 Å². The van der Waals surface area contributed by atoms with E-state index in [1.807, 2.05) is 0 Å². The molecule has 0 aliphatic carbocycles. The molecule has 0 aromatic heterocycles. The van der Waals surface area contributed by atoms with Crippen molar-refractivity contribution in [2.45, 2.75) is 408 Å². The van der Waals surface area contributed by atoms with E-state index in [1.54, 1.807) is 0 Å². The SMILES string of the molecule is CC(C)CCCCCCCCCCCCCCCCCC(=O)O[C@H](COC(=O)CCCCCCCCCC(C)C)COP(=O)(O)OCC(O)COP(=O)(O)OC[C@@H](COC(=O)CCCCCCCCCCCC(C)C)OC(=O)CCCCCCCCCCCCCCCC(C)C. The highest BCUT2D eigenvalue weighted by Gasteiger charge is 2.30. The Kier molecular flexibility index (Phi) is 65.0. The van der Waals surface area contributed by atoms with Crippen molar-refractivity contribution in [2.24, 2.45) is 23.7 Å². The first-order chi connectivity index (χ1) is 46.1. The molecule has 0 aliphatic rings. The van der Waals surface area contributed by atoms with Gasteiger partial charge in [-0.3, -0.25) is 37.3 Å². The summed E-state index contributed by atoms with van der Waals surface area (Å²) in [7, 11) is -9.91. The Balaban J connectivity index is 5.23. The fourth-order valence-electron chi connectivity index (χ4n) is 11.7. The zero-order valence-corrected chi connectivity index (χ0v) is 64.8. The van der Waals surface area contributed by atoms with Crippen molar-refractivity contribution in [3.05, 3.63) is 0 Å². The van der Waals surface area contributed by atoms with Gasteiger partial charge in [0.25, 0.3) is 0 Å². The van der Waals surface area contributed by atoms with Crippen molar-refractivity contribution < 1.29 is 80.2 Å². The number of phosphoric ester groups is 2. The molecule has 3 unspecified atom stereocenters. The van der Waals surface area contributed by atoms with E-state index in [9.17, 15) is 43.2 Å². The van der Waals surface area contributed by atoms with E-state index in [2.05, 4.69) is 55.4 Å². The van der Waals surface area contributed by atoms with Gasteiger partial charge in [-0.25, -0.2) is 9.13 Å². The molecule has 0 amide bonds. The molecule has 0 radical (unpaired) electrons. The van der Waals surface area contributed by atoms with Crippen LogP contribution in [0.5, 0.6) is 0 Å². The summed E-state index contributed by atoms with van der Waals surface area (Å²) in [6.07, 6.45) is 51.4. The molecule has 570 valence electrons. The predicted octanol–water partition coefficient (Wildman–Crippen LogP) is 22.4. The summed E-state index contributed by atoms with van der Waals surface area (Å²) in [5, 5.41) is 10.6. The standard InChI is InChI=1S/C77H150O17P2/c1-67(2)53-45-37-29-22-17-13-10-9-11-15-19-25-34-43-51-59-77(82)94-73(64-88-75(80)58-50-42-36-28-32-40-48-56-70(7)8)66-92-96(85,86)90-62-71(78)61-89-95(83,84)91-65-72(63-87-74(79)57-49-41-33-27-21-24-31-39-47-55-69(5)6)93-76(81)60-52-44-35-26-20-16-12-14-18-23-30-38-46-54-68(3)4/h67-73,78H,9-66H2,1-8H3,(H,83,84)(H,85,86)/t71?,72-,73-/m1/s1. The largest absolute Gasteiger partial charge is 0.472 e. The van der Waals surface area contributed by atoms with Gasteiger partial charge in [0.15, 0.2) is 12.2 Å². The smallest absolute Gasteiger partial charge is 0.462 e. The van der Waals surface area contributed by atoms with Crippen LogP contribution in [0.25, 0.3) is 0 Å². The molecular weight excluding hydrogens is 1260 g/mol. The highest BCUT2D eigenvalue weighted by Crippen LogP contribution is 2.45. The Morgan fingerprint density at radius 2 is 0.438 bits per heavy atom. The number of hydrogen-bond donors (Lipinski definition) is 3. The van der Waals surface area contributed by atoms with E-state index < -0.39 is 97.5 Å². The van der Waals surface area contributed by atoms with Gasteiger partial charge in [-0.1, -0.05) is 338 Å². The first-order valence-corrected chi connectivity index (χ1v) is 42.7. The van der Waals surface area contributed by atoms with Gasteiger partial charge in [0, 0.05) is 25.7 Å². The van der Waals surface area contributed by atoms with Gasteiger partial charge in [0.1, 0.15) is 19.3 Å². The molecule has 0 spiro atoms. The van der Waals surface area contributed by atoms with Gasteiger partial charge < -0.3 is 33.8 Å². The second kappa shape index (κ2) is 66.3. The molecule has 0 heterocycles. The molecule has 0 aromatic carbocycles. The predicted molar refractivity (Wildman–Crippen MR) is 391 cm³/mol. The van der Waals surface area contributed by atoms with Crippen molar-refractivity contribution in [3.8, 4) is 0 Å². The molecular formula is C77H150O17P2. The molecule has 0 saturated carbocycles. The van der Waals surface area contributed by atoms with Crippen LogP contribution in [-0.2, 0) is 65.4 Å². The number of aliphatic hydroxyl groups is 1. The number of carbonyl (C=O) groups excluding carboxylic acids is 4. The summed E-state index contributed by atoms with van der Waals surface area (Å²) < 4.78 is 68.6. The lowest BCUT2D eigenvalue weighted by Crippen LogP contribution is -2.30. The second-order valence-corrected chi connectivity index (χ2v) is 32.6. The van der Waals surface area contributed by atoms with Crippen LogP contribution < -0.4 is 0 Å². The zero-order chi connectivity index (χ0) is 71.0. The summed E-state index contributed by atoms with van der Waals surface area (Å²) >= 11 is 0. The van der Waals surface area contributed by atoms with E-state index >= 15 is 0 Å². The molecule has 0 fully saturated rings. The van der Waals surface area contributed by atoms with Crippen molar-refractivity contribution >= 4 is 39.5 Å². The van der Waals surface area contributed by atoms with Crippen molar-refractivity contribution in [2.75, 3.05) is 39.6 Å². The van der Waals surface area contributed by atoms with Crippen LogP contribution in [0.1, 0.15) is 389 Å². The van der Waals surface area contributed by atoms with Crippen LogP contribution in [0.4, 0.5) is 0 Å². The van der Waals surface area contributed by atoms with Crippen LogP contribution in [0.15, 0.2) is 0 Å². The van der Waals surface area contributed by atoms with Gasteiger partial charge in [0.05, 0.1) is 26.4 Å². The fourth-order valence-corrected chi connectivity index (χ4v) is 13.3. The summed E-state index contributed by atoms with van der Waals surface area (Å²) in [5.74, 6) is 0.918. The maximum atomic E-state index is 13.1. The first kappa shape index (κ1) is 94.1. The maximum Gasteiger partial charge on any atom is 0.472 e. The highest BCUT2D eigenvalue weighted by molar-refractivity contribution is 7.47. The summed E-state index contributed by atoms with van der Waals surface area (Å²) in [6.45, 7) is 14.2. The number of rotatable bonds is 74. The molecule has 0 aromatic rings. The molecule has 19 heteroatoms. The van der Waals surface area contributed by atoms with E-state index in [0.29, 0.717) is 31.6 Å². The van der Waals surface area contributed by atoms with Crippen molar-refractivity contribution in [1.82, 2.24) is 0 Å². The minimum Gasteiger partial charge on any atom is -0.462 e. The molecule has 96 heavy (non-hydrogen) atoms. The van der Waals surface area contributed by atoms with E-state index in [0.717, 1.165) is 114 Å². The van der Waals surface area contributed by atoms with Crippen LogP contribution in [0, 0.1) is 23.7 Å². The van der Waals surface area contributed by atoms with Crippen LogP contribution in [-0.4, -0.2) is 96.7 Å². The van der Waals surface area contributed by atoms with Gasteiger partial charge in [-0.15, -0.1) is 0 Å². The number of esters is 4. The number of carbonyl (C=O) groups is 4. The molecule has 0 rings (SSSR count). The van der Waals surface area contributed by atoms with Crippen molar-refractivity contribution in [3.63, 3.8) is 0 Å². The third kappa shape index (κ3) is 70.5. The Hall–Kier alpha value is -1.94. The fraction of sp³-hybridized carbons (Fsp3) is 0.948. The van der Waals surface area contributed by atoms with E-state index in [1.165, 1.54) is 186 Å². The minimum absolute atomic E-state index is 0.106. The Labute approximate surface area is 588 Å².